The van der Waals surface area contributed by atoms with Crippen molar-refractivity contribution in [1.29, 1.82) is 0 Å². The fourth-order valence-electron chi connectivity index (χ4n) is 3.87. The van der Waals surface area contributed by atoms with Gasteiger partial charge in [0.25, 0.3) is 0 Å². The van der Waals surface area contributed by atoms with Crippen molar-refractivity contribution in [2.75, 3.05) is 16.8 Å². The first kappa shape index (κ1) is 13.8. The molecule has 1 saturated heterocycles. The second kappa shape index (κ2) is 4.56. The Kier molecular flexibility index (Phi) is 2.85. The van der Waals surface area contributed by atoms with Crippen LogP contribution in [0.1, 0.15) is 12.8 Å². The van der Waals surface area contributed by atoms with Gasteiger partial charge in [0.05, 0.1) is 11.5 Å². The Morgan fingerprint density at radius 3 is 2.45 bits per heavy atom. The van der Waals surface area contributed by atoms with Crippen molar-refractivity contribution < 1.29 is 13.2 Å². The lowest BCUT2D eigenvalue weighted by Gasteiger charge is -2.52. The molecule has 1 heterocycles. The van der Waals surface area contributed by atoms with E-state index in [1.165, 1.54) is 0 Å². The molecule has 1 spiro atoms. The molecular weight excluding hydrogens is 298 g/mol. The molecule has 4 nitrogen and oxygen atoms in total. The molecule has 2 aromatic rings. The van der Waals surface area contributed by atoms with Crippen molar-refractivity contribution in [3.8, 4) is 0 Å². The first-order valence-electron chi connectivity index (χ1n) is 7.46. The van der Waals surface area contributed by atoms with Gasteiger partial charge < -0.3 is 5.32 Å². The van der Waals surface area contributed by atoms with Gasteiger partial charge in [-0.1, -0.05) is 36.4 Å². The van der Waals surface area contributed by atoms with Crippen molar-refractivity contribution in [3.05, 3.63) is 42.5 Å². The van der Waals surface area contributed by atoms with Crippen LogP contribution >= 0.6 is 0 Å². The molecular formula is C17H17NO3S. The van der Waals surface area contributed by atoms with Crippen molar-refractivity contribution in [1.82, 2.24) is 0 Å². The van der Waals surface area contributed by atoms with E-state index >= 15 is 0 Å². The predicted octanol–water partition coefficient (Wildman–Crippen LogP) is 2.60. The molecule has 0 radical (unpaired) electrons. The van der Waals surface area contributed by atoms with Gasteiger partial charge in [0.2, 0.25) is 5.91 Å². The molecule has 4 rings (SSSR count). The van der Waals surface area contributed by atoms with Crippen molar-refractivity contribution in [2.45, 2.75) is 12.8 Å². The lowest BCUT2D eigenvalue weighted by molar-refractivity contribution is -0.126. The van der Waals surface area contributed by atoms with Crippen LogP contribution in [0.15, 0.2) is 42.5 Å². The number of nitrogens with one attached hydrogen (secondary N) is 1. The Hall–Kier alpha value is -1.88. The molecule has 1 aliphatic heterocycles. The average molecular weight is 315 g/mol. The smallest absolute Gasteiger partial charge is 0.227 e. The summed E-state index contributed by atoms with van der Waals surface area (Å²) in [6.07, 6.45) is 1.39. The van der Waals surface area contributed by atoms with Gasteiger partial charge in [-0.25, -0.2) is 8.42 Å². The average Bonchev–Trinajstić information content (AvgIpc) is 2.42. The number of amides is 1. The Morgan fingerprint density at radius 2 is 1.73 bits per heavy atom. The normalized spacial score (nSPS) is 22.0. The molecule has 114 valence electrons. The molecule has 2 fully saturated rings. The third-order valence-electron chi connectivity index (χ3n) is 4.83. The van der Waals surface area contributed by atoms with Gasteiger partial charge in [-0.3, -0.25) is 4.79 Å². The minimum absolute atomic E-state index is 0.00581. The molecule has 0 unspecified atom stereocenters. The van der Waals surface area contributed by atoms with Crippen LogP contribution in [0.3, 0.4) is 0 Å². The van der Waals surface area contributed by atoms with Crippen molar-refractivity contribution >= 4 is 32.2 Å². The fraction of sp³-hybridized carbons (Fsp3) is 0.353. The number of sulfone groups is 1. The molecule has 2 aliphatic rings. The van der Waals surface area contributed by atoms with Gasteiger partial charge in [-0.15, -0.1) is 0 Å². The maximum atomic E-state index is 12.4. The van der Waals surface area contributed by atoms with Gasteiger partial charge in [-0.2, -0.15) is 0 Å². The molecule has 0 bridgehead atoms. The van der Waals surface area contributed by atoms with E-state index in [-0.39, 0.29) is 28.7 Å². The monoisotopic (exact) mass is 315 g/mol. The van der Waals surface area contributed by atoms with Crippen LogP contribution in [0, 0.1) is 11.3 Å². The van der Waals surface area contributed by atoms with E-state index in [9.17, 15) is 13.2 Å². The number of anilines is 1. The van der Waals surface area contributed by atoms with Crippen LogP contribution in [0.2, 0.25) is 0 Å². The highest BCUT2D eigenvalue weighted by Gasteiger charge is 2.57. The molecule has 22 heavy (non-hydrogen) atoms. The molecule has 1 saturated carbocycles. The Bertz CT molecular complexity index is 847. The van der Waals surface area contributed by atoms with E-state index < -0.39 is 9.84 Å². The number of carbonyl (C=O) groups is 1. The van der Waals surface area contributed by atoms with Crippen LogP contribution in [0.25, 0.3) is 10.8 Å². The highest BCUT2D eigenvalue weighted by atomic mass is 32.2. The summed E-state index contributed by atoms with van der Waals surface area (Å²) in [5.74, 6) is 0.469. The minimum Gasteiger partial charge on any atom is -0.325 e. The van der Waals surface area contributed by atoms with E-state index in [4.69, 9.17) is 0 Å². The van der Waals surface area contributed by atoms with E-state index in [2.05, 4.69) is 5.32 Å². The van der Waals surface area contributed by atoms with E-state index in [1.54, 1.807) is 0 Å². The van der Waals surface area contributed by atoms with E-state index in [1.807, 2.05) is 42.5 Å². The lowest BCUT2D eigenvalue weighted by Crippen LogP contribution is -2.58. The first-order valence-corrected chi connectivity index (χ1v) is 9.28. The number of fused-ring (bicyclic) bond motifs is 1. The van der Waals surface area contributed by atoms with Crippen molar-refractivity contribution in [2.24, 2.45) is 11.3 Å². The largest absolute Gasteiger partial charge is 0.325 e. The minimum atomic E-state index is -2.82. The van der Waals surface area contributed by atoms with Gasteiger partial charge >= 0.3 is 0 Å². The van der Waals surface area contributed by atoms with Crippen LogP contribution in [-0.2, 0) is 14.6 Å². The number of carbonyl (C=O) groups excluding carboxylic acids is 1. The standard InChI is InChI=1S/C17H17NO3S/c19-16(13-8-17(9-13)10-22(20,21)11-17)18-15-7-3-5-12-4-1-2-6-14(12)15/h1-7,13H,8-11H2,(H,18,19). The summed E-state index contributed by atoms with van der Waals surface area (Å²) in [4.78, 5) is 12.4. The van der Waals surface area contributed by atoms with Gasteiger partial charge in [0.15, 0.2) is 9.84 Å². The SMILES string of the molecule is O=C(Nc1cccc2ccccc12)C1CC2(C1)CS(=O)(=O)C2. The second-order valence-corrected chi connectivity index (χ2v) is 8.72. The highest BCUT2D eigenvalue weighted by molar-refractivity contribution is 7.92. The van der Waals surface area contributed by atoms with Crippen LogP contribution in [0.4, 0.5) is 5.69 Å². The third kappa shape index (κ3) is 2.20. The van der Waals surface area contributed by atoms with Crippen LogP contribution in [-0.4, -0.2) is 25.8 Å². The predicted molar refractivity (Wildman–Crippen MR) is 86.4 cm³/mol. The number of benzene rings is 2. The van der Waals surface area contributed by atoms with E-state index in [0.717, 1.165) is 16.5 Å². The van der Waals surface area contributed by atoms with Gasteiger partial charge in [-0.05, 0) is 29.7 Å². The summed E-state index contributed by atoms with van der Waals surface area (Å²) >= 11 is 0. The Balaban J connectivity index is 1.47. The maximum Gasteiger partial charge on any atom is 0.227 e. The first-order chi connectivity index (χ1) is 10.5. The zero-order chi connectivity index (χ0) is 15.4. The summed E-state index contributed by atoms with van der Waals surface area (Å²) in [5, 5.41) is 5.12. The van der Waals surface area contributed by atoms with Crippen LogP contribution in [0.5, 0.6) is 0 Å². The highest BCUT2D eigenvalue weighted by Crippen LogP contribution is 2.53. The van der Waals surface area contributed by atoms with Crippen molar-refractivity contribution in [3.63, 3.8) is 0 Å². The molecule has 2 aromatic carbocycles. The second-order valence-electron chi connectivity index (χ2n) is 6.65. The molecule has 1 aliphatic carbocycles. The zero-order valence-electron chi connectivity index (χ0n) is 12.1. The molecule has 1 N–H and O–H groups in total. The fourth-order valence-corrected chi connectivity index (χ4v) is 6.12. The molecule has 0 aromatic heterocycles. The van der Waals surface area contributed by atoms with Gasteiger partial charge in [0.1, 0.15) is 0 Å². The number of rotatable bonds is 2. The summed E-state index contributed by atoms with van der Waals surface area (Å²) in [5.41, 5.74) is 0.727. The quantitative estimate of drug-likeness (QED) is 0.926. The van der Waals surface area contributed by atoms with Gasteiger partial charge in [0, 0.05) is 17.0 Å². The lowest BCUT2D eigenvalue weighted by atomic mass is 9.63. The number of hydrogen-bond donors (Lipinski definition) is 1. The molecule has 5 heteroatoms. The topological polar surface area (TPSA) is 63.2 Å². The maximum absolute atomic E-state index is 12.4. The molecule has 1 amide bonds. The van der Waals surface area contributed by atoms with Crippen LogP contribution < -0.4 is 5.32 Å². The Labute approximate surface area is 129 Å². The molecule has 0 atom stereocenters. The summed E-state index contributed by atoms with van der Waals surface area (Å²) in [6.45, 7) is 0. The Morgan fingerprint density at radius 1 is 1.05 bits per heavy atom. The number of hydrogen-bond acceptors (Lipinski definition) is 3. The van der Waals surface area contributed by atoms with E-state index in [0.29, 0.717) is 12.8 Å². The summed E-state index contributed by atoms with van der Waals surface area (Å²) in [6, 6.07) is 13.8. The third-order valence-corrected chi connectivity index (χ3v) is 6.93. The summed E-state index contributed by atoms with van der Waals surface area (Å²) in [7, 11) is -2.82. The zero-order valence-corrected chi connectivity index (χ0v) is 12.9. The summed E-state index contributed by atoms with van der Waals surface area (Å²) < 4.78 is 22.6.